The molecule has 0 amide bonds. The molecule has 1 aromatic heterocycles. The normalized spacial score (nSPS) is 21.0. The lowest BCUT2D eigenvalue weighted by Gasteiger charge is -2.40. The summed E-state index contributed by atoms with van der Waals surface area (Å²) in [4.78, 5) is 17.0. The molecule has 0 aliphatic carbocycles. The number of halogens is 3. The molecule has 2 heterocycles. The monoisotopic (exact) mass is 422 g/mol. The summed E-state index contributed by atoms with van der Waals surface area (Å²) in [6.07, 6.45) is -3.19. The Kier molecular flexibility index (Phi) is 5.97. The number of rotatable bonds is 5. The molecule has 162 valence electrons. The molecule has 1 aliphatic heterocycles. The summed E-state index contributed by atoms with van der Waals surface area (Å²) in [7, 11) is 0. The third-order valence-electron chi connectivity index (χ3n) is 5.04. The fourth-order valence-electron chi connectivity index (χ4n) is 3.82. The molecule has 0 fully saturated rings. The minimum atomic E-state index is -4.54. The molecule has 0 saturated carbocycles. The second kappa shape index (κ2) is 8.16. The summed E-state index contributed by atoms with van der Waals surface area (Å²) >= 11 is 0. The van der Waals surface area contributed by atoms with Crippen molar-refractivity contribution in [2.45, 2.75) is 57.9 Å². The van der Waals surface area contributed by atoms with Crippen LogP contribution >= 0.6 is 0 Å². The first-order valence-corrected chi connectivity index (χ1v) is 9.84. The van der Waals surface area contributed by atoms with Crippen molar-refractivity contribution in [2.24, 2.45) is 0 Å². The Morgan fingerprint density at radius 2 is 2.00 bits per heavy atom. The summed E-state index contributed by atoms with van der Waals surface area (Å²) in [5, 5.41) is 3.15. The van der Waals surface area contributed by atoms with Crippen LogP contribution in [0, 0.1) is 0 Å². The van der Waals surface area contributed by atoms with Gasteiger partial charge in [0.2, 0.25) is 5.88 Å². The largest absolute Gasteiger partial charge is 0.475 e. The van der Waals surface area contributed by atoms with Gasteiger partial charge in [-0.2, -0.15) is 13.2 Å². The Labute approximate surface area is 173 Å². The van der Waals surface area contributed by atoms with E-state index in [1.54, 1.807) is 26.0 Å². The van der Waals surface area contributed by atoms with Crippen LogP contribution in [0.25, 0.3) is 0 Å². The predicted molar refractivity (Wildman–Crippen MR) is 107 cm³/mol. The molecule has 1 aromatic carbocycles. The van der Waals surface area contributed by atoms with E-state index >= 15 is 0 Å². The number of carbonyl (C=O) groups excluding carboxylic acids is 1. The molecule has 1 aliphatic rings. The van der Waals surface area contributed by atoms with Gasteiger partial charge in [0.05, 0.1) is 18.3 Å². The Morgan fingerprint density at radius 3 is 2.63 bits per heavy atom. The maximum Gasteiger partial charge on any atom is 0.416 e. The Balaban J connectivity index is 2.22. The second-order valence-corrected chi connectivity index (χ2v) is 7.76. The molecule has 0 spiro atoms. The van der Waals surface area contributed by atoms with Crippen LogP contribution < -0.4 is 10.1 Å². The van der Waals surface area contributed by atoms with E-state index in [1.807, 2.05) is 13.8 Å². The molecule has 2 aromatic rings. The lowest BCUT2D eigenvalue weighted by molar-refractivity contribution is -0.148. The molecule has 2 unspecified atom stereocenters. The number of fused-ring (bicyclic) bond motifs is 1. The zero-order chi connectivity index (χ0) is 22.1. The van der Waals surface area contributed by atoms with E-state index in [0.717, 1.165) is 6.07 Å². The van der Waals surface area contributed by atoms with Crippen LogP contribution in [0.3, 0.4) is 0 Å². The SMILES string of the molecule is CCOC(=O)C1(C)CC(c2ccccc2C(F)(F)F)c2c(ccnc2OC(C)C)N1. The lowest BCUT2D eigenvalue weighted by atomic mass is 9.75. The maximum absolute atomic E-state index is 13.8. The Bertz CT molecular complexity index is 930. The fraction of sp³-hybridized carbons (Fsp3) is 0.455. The van der Waals surface area contributed by atoms with Gasteiger partial charge in [-0.3, -0.25) is 0 Å². The van der Waals surface area contributed by atoms with Crippen molar-refractivity contribution in [3.8, 4) is 5.88 Å². The molecular formula is C22H25F3N2O3. The number of esters is 1. The van der Waals surface area contributed by atoms with E-state index in [0.29, 0.717) is 11.3 Å². The highest BCUT2D eigenvalue weighted by molar-refractivity contribution is 5.86. The zero-order valence-electron chi connectivity index (χ0n) is 17.3. The van der Waals surface area contributed by atoms with E-state index in [1.165, 1.54) is 18.3 Å². The molecule has 0 saturated heterocycles. The van der Waals surface area contributed by atoms with Gasteiger partial charge >= 0.3 is 12.1 Å². The minimum Gasteiger partial charge on any atom is -0.475 e. The number of ether oxygens (including phenoxy) is 2. The fourth-order valence-corrected chi connectivity index (χ4v) is 3.82. The van der Waals surface area contributed by atoms with E-state index in [4.69, 9.17) is 9.47 Å². The molecule has 8 heteroatoms. The van der Waals surface area contributed by atoms with Crippen LogP contribution in [0.15, 0.2) is 36.5 Å². The van der Waals surface area contributed by atoms with Gasteiger partial charge in [0.15, 0.2) is 0 Å². The zero-order valence-corrected chi connectivity index (χ0v) is 17.3. The molecule has 2 atom stereocenters. The number of benzene rings is 1. The highest BCUT2D eigenvalue weighted by Crippen LogP contribution is 2.49. The summed E-state index contributed by atoms with van der Waals surface area (Å²) in [5.74, 6) is -1.04. The first-order chi connectivity index (χ1) is 14.1. The highest BCUT2D eigenvalue weighted by atomic mass is 19.4. The van der Waals surface area contributed by atoms with Crippen LogP contribution in [0.4, 0.5) is 18.9 Å². The molecule has 1 N–H and O–H groups in total. The van der Waals surface area contributed by atoms with Gasteiger partial charge in [-0.1, -0.05) is 18.2 Å². The van der Waals surface area contributed by atoms with Gasteiger partial charge in [-0.25, -0.2) is 9.78 Å². The molecule has 0 bridgehead atoms. The van der Waals surface area contributed by atoms with Crippen molar-refractivity contribution < 1.29 is 27.4 Å². The summed E-state index contributed by atoms with van der Waals surface area (Å²) in [5.41, 5.74) is -0.865. The van der Waals surface area contributed by atoms with Crippen molar-refractivity contribution in [1.29, 1.82) is 0 Å². The topological polar surface area (TPSA) is 60.5 Å². The number of nitrogens with one attached hydrogen (secondary N) is 1. The third kappa shape index (κ3) is 4.22. The lowest BCUT2D eigenvalue weighted by Crippen LogP contribution is -2.49. The van der Waals surface area contributed by atoms with Crippen LogP contribution in [-0.2, 0) is 15.7 Å². The van der Waals surface area contributed by atoms with Crippen molar-refractivity contribution >= 4 is 11.7 Å². The quantitative estimate of drug-likeness (QED) is 0.675. The van der Waals surface area contributed by atoms with Crippen molar-refractivity contribution in [2.75, 3.05) is 11.9 Å². The van der Waals surface area contributed by atoms with Gasteiger partial charge in [-0.15, -0.1) is 0 Å². The number of nitrogens with zero attached hydrogens (tertiary/aromatic N) is 1. The summed E-state index contributed by atoms with van der Waals surface area (Å²) < 4.78 is 52.4. The number of pyridine rings is 1. The minimum absolute atomic E-state index is 0.0616. The van der Waals surface area contributed by atoms with Crippen LogP contribution in [0.5, 0.6) is 5.88 Å². The second-order valence-electron chi connectivity index (χ2n) is 7.76. The van der Waals surface area contributed by atoms with Gasteiger partial charge in [-0.05, 0) is 51.8 Å². The average molecular weight is 422 g/mol. The van der Waals surface area contributed by atoms with Gasteiger partial charge in [0, 0.05) is 23.4 Å². The van der Waals surface area contributed by atoms with E-state index in [9.17, 15) is 18.0 Å². The average Bonchev–Trinajstić information content (AvgIpc) is 2.66. The number of aromatic nitrogens is 1. The Hall–Kier alpha value is -2.77. The number of hydrogen-bond donors (Lipinski definition) is 1. The smallest absolute Gasteiger partial charge is 0.416 e. The molecular weight excluding hydrogens is 397 g/mol. The Morgan fingerprint density at radius 1 is 1.30 bits per heavy atom. The number of anilines is 1. The molecule has 5 nitrogen and oxygen atoms in total. The van der Waals surface area contributed by atoms with E-state index in [2.05, 4.69) is 10.3 Å². The third-order valence-corrected chi connectivity index (χ3v) is 5.04. The van der Waals surface area contributed by atoms with E-state index in [-0.39, 0.29) is 30.6 Å². The van der Waals surface area contributed by atoms with Crippen LogP contribution in [-0.4, -0.2) is 29.2 Å². The van der Waals surface area contributed by atoms with Gasteiger partial charge in [0.25, 0.3) is 0 Å². The summed E-state index contributed by atoms with van der Waals surface area (Å²) in [6, 6.07) is 7.06. The standard InChI is InChI=1S/C22H25F3N2O3/c1-5-29-20(28)21(4)12-15(14-8-6-7-9-16(14)22(23,24)25)18-17(27-21)10-11-26-19(18)30-13(2)3/h6-11,13,15,27H,5,12H2,1-4H3. The highest BCUT2D eigenvalue weighted by Gasteiger charge is 2.46. The number of alkyl halides is 3. The molecule has 0 radical (unpaired) electrons. The van der Waals surface area contributed by atoms with Crippen molar-refractivity contribution in [1.82, 2.24) is 4.98 Å². The maximum atomic E-state index is 13.8. The first kappa shape index (κ1) is 21.9. The van der Waals surface area contributed by atoms with Crippen LogP contribution in [0.1, 0.15) is 56.7 Å². The number of hydrogen-bond acceptors (Lipinski definition) is 5. The molecule has 3 rings (SSSR count). The summed E-state index contributed by atoms with van der Waals surface area (Å²) in [6.45, 7) is 7.13. The first-order valence-electron chi connectivity index (χ1n) is 9.84. The molecule has 30 heavy (non-hydrogen) atoms. The van der Waals surface area contributed by atoms with E-state index < -0.39 is 29.2 Å². The van der Waals surface area contributed by atoms with Gasteiger partial charge in [0.1, 0.15) is 5.54 Å². The number of carbonyl (C=O) groups is 1. The van der Waals surface area contributed by atoms with Crippen molar-refractivity contribution in [3.05, 3.63) is 53.2 Å². The predicted octanol–water partition coefficient (Wildman–Crippen LogP) is 5.16. The van der Waals surface area contributed by atoms with Crippen LogP contribution in [0.2, 0.25) is 0 Å². The van der Waals surface area contributed by atoms with Crippen molar-refractivity contribution in [3.63, 3.8) is 0 Å². The van der Waals surface area contributed by atoms with Gasteiger partial charge < -0.3 is 14.8 Å².